The van der Waals surface area contributed by atoms with Crippen LogP contribution >= 0.6 is 8.31 Å². The summed E-state index contributed by atoms with van der Waals surface area (Å²) in [7, 11) is 1.73. The zero-order valence-corrected chi connectivity index (χ0v) is 12.6. The van der Waals surface area contributed by atoms with Gasteiger partial charge in [0.1, 0.15) is 0 Å². The van der Waals surface area contributed by atoms with E-state index in [1.54, 1.807) is 15.2 Å². The molecule has 0 aliphatic heterocycles. The van der Waals surface area contributed by atoms with Crippen LogP contribution in [0.1, 0.15) is 27.7 Å². The summed E-state index contributed by atoms with van der Waals surface area (Å²) in [6.45, 7) is 8.47. The number of hydrogen-bond donors (Lipinski definition) is 0. The summed E-state index contributed by atoms with van der Waals surface area (Å²) in [5.74, 6) is 0. The van der Waals surface area contributed by atoms with Gasteiger partial charge in [0.15, 0.2) is 0 Å². The average Bonchev–Trinajstić information content (AvgIpc) is 2.00. The maximum atomic E-state index is 11.0. The Morgan fingerprint density at radius 1 is 1.18 bits per heavy atom. The summed E-state index contributed by atoms with van der Waals surface area (Å²) in [5, 5.41) is 0.345. The van der Waals surface area contributed by atoms with Crippen molar-refractivity contribution >= 4 is 33.1 Å². The molecule has 0 saturated heterocycles. The summed E-state index contributed by atoms with van der Waals surface area (Å²) in [6, 6.07) is 0. The second-order valence-electron chi connectivity index (χ2n) is 2.84. The van der Waals surface area contributed by atoms with Gasteiger partial charge in [-0.25, -0.2) is 0 Å². The van der Waals surface area contributed by atoms with E-state index in [-0.39, 0.29) is 0 Å². The van der Waals surface area contributed by atoms with E-state index in [9.17, 15) is 4.79 Å². The standard InChI is InChI=1S/C2H4OS.3C2H5.Pb/c1-2(3)4;3*1-2;/h1H3,(H,3,4);3*1H2,2H3;/q;;;;+1/p-1. The number of carbonyl (C=O) groups is 1. The van der Waals surface area contributed by atoms with E-state index in [2.05, 4.69) is 20.8 Å². The molecule has 0 heterocycles. The first-order valence-electron chi connectivity index (χ1n) is 4.29. The monoisotopic (exact) mass is 370 g/mol. The predicted octanol–water partition coefficient (Wildman–Crippen LogP) is 3.27. The van der Waals surface area contributed by atoms with Gasteiger partial charge in [-0.3, -0.25) is 0 Å². The first-order chi connectivity index (χ1) is 5.10. The van der Waals surface area contributed by atoms with Crippen LogP contribution in [0.2, 0.25) is 11.9 Å². The maximum absolute atomic E-state index is 11.0. The Kier molecular flexibility index (Phi) is 6.04. The molecule has 0 radical (unpaired) electrons. The van der Waals surface area contributed by atoms with Gasteiger partial charge in [0.2, 0.25) is 0 Å². The second kappa shape index (κ2) is 5.56. The minimum absolute atomic E-state index is 0.345. The fourth-order valence-electron chi connectivity index (χ4n) is 1.27. The van der Waals surface area contributed by atoms with Gasteiger partial charge in [0, 0.05) is 0 Å². The van der Waals surface area contributed by atoms with Crippen LogP contribution < -0.4 is 0 Å². The Labute approximate surface area is 77.1 Å². The first kappa shape index (κ1) is 11.9. The summed E-state index contributed by atoms with van der Waals surface area (Å²) in [6.07, 6.45) is 0. The van der Waals surface area contributed by atoms with Crippen molar-refractivity contribution in [2.24, 2.45) is 0 Å². The van der Waals surface area contributed by atoms with Crippen molar-refractivity contribution in [2.75, 3.05) is 0 Å². The van der Waals surface area contributed by atoms with Gasteiger partial charge in [0.25, 0.3) is 0 Å². The van der Waals surface area contributed by atoms with Crippen molar-refractivity contribution in [3.8, 4) is 0 Å². The van der Waals surface area contributed by atoms with Crippen LogP contribution in [0.4, 0.5) is 0 Å². The SMILES string of the molecule is C[CH2][Pb]([CH2]C)([CH2]C)[S]C(C)=O. The van der Waals surface area contributed by atoms with Gasteiger partial charge < -0.3 is 0 Å². The number of rotatable bonds is 4. The second-order valence-corrected chi connectivity index (χ2v) is 31.0. The molecule has 0 bridgehead atoms. The normalized spacial score (nSPS) is 11.6. The summed E-state index contributed by atoms with van der Waals surface area (Å²) >= 11 is -2.07. The third-order valence-corrected chi connectivity index (χ3v) is 34.0. The van der Waals surface area contributed by atoms with E-state index < -0.39 is 19.7 Å². The molecule has 0 saturated carbocycles. The molecule has 0 aromatic heterocycles. The van der Waals surface area contributed by atoms with Gasteiger partial charge in [-0.1, -0.05) is 0 Å². The molecule has 1 nitrogen and oxygen atoms in total. The molecular formula is C8H18OPbS. The predicted molar refractivity (Wildman–Crippen MR) is 55.5 cm³/mol. The van der Waals surface area contributed by atoms with E-state index in [0.29, 0.717) is 5.12 Å². The molecule has 3 heteroatoms. The molecule has 0 N–H and O–H groups in total. The molecule has 0 aliphatic rings. The molecule has 0 aromatic carbocycles. The zero-order chi connectivity index (χ0) is 8.91. The molecule has 0 fully saturated rings. The van der Waals surface area contributed by atoms with E-state index in [1.165, 1.54) is 11.9 Å². The molecule has 11 heavy (non-hydrogen) atoms. The Hall–Kier alpha value is 0.942. The zero-order valence-electron chi connectivity index (χ0n) is 7.94. The van der Waals surface area contributed by atoms with Crippen molar-refractivity contribution < 1.29 is 4.79 Å². The van der Waals surface area contributed by atoms with E-state index in [0.717, 1.165) is 0 Å². The number of hydrogen-bond acceptors (Lipinski definition) is 2. The fourth-order valence-corrected chi connectivity index (χ4v) is 20.3. The van der Waals surface area contributed by atoms with Crippen molar-refractivity contribution in [1.82, 2.24) is 0 Å². The first-order valence-corrected chi connectivity index (χ1v) is 18.1. The van der Waals surface area contributed by atoms with Gasteiger partial charge in [-0.2, -0.15) is 0 Å². The molecular weight excluding hydrogens is 351 g/mol. The Bertz CT molecular complexity index is 124. The van der Waals surface area contributed by atoms with E-state index >= 15 is 0 Å². The molecule has 0 atom stereocenters. The molecule has 0 amide bonds. The Morgan fingerprint density at radius 2 is 1.55 bits per heavy atom. The van der Waals surface area contributed by atoms with Crippen LogP contribution in [0.5, 0.6) is 0 Å². The Morgan fingerprint density at radius 3 is 1.64 bits per heavy atom. The van der Waals surface area contributed by atoms with Crippen LogP contribution in [0.3, 0.4) is 0 Å². The number of carbonyl (C=O) groups excluding carboxylic acids is 1. The van der Waals surface area contributed by atoms with Gasteiger partial charge in [0.05, 0.1) is 0 Å². The van der Waals surface area contributed by atoms with Crippen molar-refractivity contribution in [3.05, 3.63) is 0 Å². The summed E-state index contributed by atoms with van der Waals surface area (Å²) in [5.41, 5.74) is 0. The minimum atomic E-state index is -2.07. The molecule has 0 unspecified atom stereocenters. The van der Waals surface area contributed by atoms with Crippen LogP contribution in [-0.4, -0.2) is 24.8 Å². The van der Waals surface area contributed by atoms with Crippen LogP contribution in [0.25, 0.3) is 0 Å². The van der Waals surface area contributed by atoms with E-state index in [4.69, 9.17) is 0 Å². The average molecular weight is 369 g/mol. The van der Waals surface area contributed by atoms with Crippen molar-refractivity contribution in [2.45, 2.75) is 39.6 Å². The van der Waals surface area contributed by atoms with Crippen LogP contribution in [-0.2, 0) is 4.79 Å². The topological polar surface area (TPSA) is 17.1 Å². The molecule has 0 aliphatic carbocycles. The summed E-state index contributed by atoms with van der Waals surface area (Å²) < 4.78 is 3.93. The quantitative estimate of drug-likeness (QED) is 0.708. The van der Waals surface area contributed by atoms with Crippen LogP contribution in [0.15, 0.2) is 0 Å². The van der Waals surface area contributed by atoms with Crippen molar-refractivity contribution in [1.29, 1.82) is 0 Å². The fraction of sp³-hybridized carbons (Fsp3) is 0.875. The van der Waals surface area contributed by atoms with Gasteiger partial charge >= 0.3 is 77.5 Å². The third-order valence-electron chi connectivity index (χ3n) is 2.29. The molecule has 0 rings (SSSR count). The van der Waals surface area contributed by atoms with Crippen LogP contribution in [0, 0.1) is 0 Å². The van der Waals surface area contributed by atoms with Crippen molar-refractivity contribution in [3.63, 3.8) is 0 Å². The summed E-state index contributed by atoms with van der Waals surface area (Å²) in [4.78, 5) is 11.0. The van der Waals surface area contributed by atoms with Gasteiger partial charge in [-0.05, 0) is 0 Å². The van der Waals surface area contributed by atoms with Gasteiger partial charge in [-0.15, -0.1) is 0 Å². The molecule has 0 aromatic rings. The molecule has 0 spiro atoms. The molecule has 66 valence electrons. The van der Waals surface area contributed by atoms with E-state index in [1.807, 2.05) is 0 Å². The third kappa shape index (κ3) is 3.92. The Balaban J connectivity index is 4.16.